The number of carbonyl (C=O) groups is 3. The van der Waals surface area contributed by atoms with E-state index < -0.39 is 32.5 Å². The number of nitrogens with zero attached hydrogens (tertiary/aromatic N) is 1. The molecule has 0 aromatic heterocycles. The van der Waals surface area contributed by atoms with Crippen molar-refractivity contribution in [1.29, 1.82) is 0 Å². The minimum Gasteiger partial charge on any atom is -0.447 e. The fourth-order valence-electron chi connectivity index (χ4n) is 3.18. The van der Waals surface area contributed by atoms with Gasteiger partial charge in [-0.25, -0.2) is 9.69 Å². The number of cyclic esters (lactones) is 1. The molecule has 160 valence electrons. The third-order valence-electron chi connectivity index (χ3n) is 6.11. The van der Waals surface area contributed by atoms with Crippen LogP contribution in [0.25, 0.3) is 0 Å². The molecule has 2 rings (SSSR count). The van der Waals surface area contributed by atoms with Crippen molar-refractivity contribution in [2.75, 3.05) is 6.61 Å². The first-order valence-electron chi connectivity index (χ1n) is 10.2. The van der Waals surface area contributed by atoms with Gasteiger partial charge < -0.3 is 14.0 Å². The highest BCUT2D eigenvalue weighted by atomic mass is 28.4. The molecular weight excluding hydrogens is 386 g/mol. The minimum absolute atomic E-state index is 0.0776. The zero-order valence-electron chi connectivity index (χ0n) is 18.3. The van der Waals surface area contributed by atoms with Gasteiger partial charge in [0.2, 0.25) is 0 Å². The number of aldehydes is 1. The lowest BCUT2D eigenvalue weighted by molar-refractivity contribution is -0.137. The summed E-state index contributed by atoms with van der Waals surface area (Å²) in [6.07, 6.45) is -0.241. The van der Waals surface area contributed by atoms with Crippen LogP contribution >= 0.6 is 0 Å². The molecule has 3 atom stereocenters. The summed E-state index contributed by atoms with van der Waals surface area (Å²) in [4.78, 5) is 38.1. The first-order chi connectivity index (χ1) is 13.5. The first kappa shape index (κ1) is 23.3. The lowest BCUT2D eigenvalue weighted by Crippen LogP contribution is -2.52. The Balaban J connectivity index is 2.29. The fraction of sp³-hybridized carbons (Fsp3) is 0.591. The van der Waals surface area contributed by atoms with Crippen LogP contribution in [0.5, 0.6) is 0 Å². The summed E-state index contributed by atoms with van der Waals surface area (Å²) in [6.45, 7) is 12.5. The van der Waals surface area contributed by atoms with E-state index >= 15 is 0 Å². The largest absolute Gasteiger partial charge is 0.447 e. The lowest BCUT2D eigenvalue weighted by Gasteiger charge is -2.39. The Labute approximate surface area is 174 Å². The van der Waals surface area contributed by atoms with Crippen molar-refractivity contribution in [1.82, 2.24) is 4.90 Å². The number of amides is 2. The molecule has 1 aliphatic rings. The van der Waals surface area contributed by atoms with Crippen LogP contribution in [-0.2, 0) is 18.8 Å². The Bertz CT molecular complexity index is 728. The van der Waals surface area contributed by atoms with E-state index in [1.807, 2.05) is 37.3 Å². The molecule has 1 fully saturated rings. The van der Waals surface area contributed by atoms with Crippen LogP contribution in [0.3, 0.4) is 0 Å². The van der Waals surface area contributed by atoms with Gasteiger partial charge in [-0.05, 0) is 30.1 Å². The Hall–Kier alpha value is -1.99. The van der Waals surface area contributed by atoms with Gasteiger partial charge in [0.1, 0.15) is 19.0 Å². The molecule has 1 aliphatic heterocycles. The van der Waals surface area contributed by atoms with Crippen molar-refractivity contribution in [3.63, 3.8) is 0 Å². The summed E-state index contributed by atoms with van der Waals surface area (Å²) in [5.74, 6) is -0.488. The molecule has 1 aromatic rings. The van der Waals surface area contributed by atoms with Gasteiger partial charge in [0.15, 0.2) is 8.32 Å². The highest BCUT2D eigenvalue weighted by Gasteiger charge is 2.46. The number of carbonyl (C=O) groups excluding carboxylic acids is 3. The average molecular weight is 420 g/mol. The summed E-state index contributed by atoms with van der Waals surface area (Å²) in [7, 11) is -2.28. The molecular formula is C22H33NO5Si. The van der Waals surface area contributed by atoms with Crippen LogP contribution in [0.1, 0.15) is 52.0 Å². The molecule has 0 spiro atoms. The Morgan fingerprint density at radius 1 is 1.31 bits per heavy atom. The van der Waals surface area contributed by atoms with E-state index in [1.165, 1.54) is 4.90 Å². The lowest BCUT2D eigenvalue weighted by atomic mass is 9.93. The third kappa shape index (κ3) is 5.33. The molecule has 2 amide bonds. The van der Waals surface area contributed by atoms with Gasteiger partial charge in [0.25, 0.3) is 5.91 Å². The summed E-state index contributed by atoms with van der Waals surface area (Å²) < 4.78 is 11.6. The molecule has 7 heteroatoms. The molecule has 1 aromatic carbocycles. The van der Waals surface area contributed by atoms with Crippen LogP contribution < -0.4 is 0 Å². The molecule has 29 heavy (non-hydrogen) atoms. The van der Waals surface area contributed by atoms with Crippen LogP contribution in [0.2, 0.25) is 18.1 Å². The highest BCUT2D eigenvalue weighted by molar-refractivity contribution is 6.74. The van der Waals surface area contributed by atoms with Crippen molar-refractivity contribution in [2.24, 2.45) is 0 Å². The van der Waals surface area contributed by atoms with Crippen molar-refractivity contribution < 1.29 is 23.5 Å². The number of ether oxygens (including phenoxy) is 1. The topological polar surface area (TPSA) is 72.9 Å². The van der Waals surface area contributed by atoms with Gasteiger partial charge >= 0.3 is 6.09 Å². The summed E-state index contributed by atoms with van der Waals surface area (Å²) in [6, 6.07) is 9.35. The van der Waals surface area contributed by atoms with Crippen molar-refractivity contribution >= 4 is 26.6 Å². The highest BCUT2D eigenvalue weighted by Crippen LogP contribution is 2.38. The molecule has 0 bridgehead atoms. The van der Waals surface area contributed by atoms with E-state index in [2.05, 4.69) is 33.9 Å². The van der Waals surface area contributed by atoms with E-state index in [-0.39, 0.29) is 30.4 Å². The Kier molecular flexibility index (Phi) is 7.40. The van der Waals surface area contributed by atoms with Gasteiger partial charge in [0.05, 0.1) is 6.04 Å². The van der Waals surface area contributed by atoms with Gasteiger partial charge in [0, 0.05) is 12.3 Å². The van der Waals surface area contributed by atoms with Crippen molar-refractivity contribution in [3.8, 4) is 0 Å². The van der Waals surface area contributed by atoms with Gasteiger partial charge in [-0.1, -0.05) is 58.0 Å². The zero-order chi connectivity index (χ0) is 21.8. The van der Waals surface area contributed by atoms with Crippen molar-refractivity contribution in [2.45, 2.75) is 76.7 Å². The Morgan fingerprint density at radius 2 is 1.93 bits per heavy atom. The molecule has 0 saturated carbocycles. The predicted octanol–water partition coefficient (Wildman–Crippen LogP) is 4.51. The Morgan fingerprint density at radius 3 is 2.48 bits per heavy atom. The van der Waals surface area contributed by atoms with Gasteiger partial charge in [-0.15, -0.1) is 0 Å². The van der Waals surface area contributed by atoms with Crippen LogP contribution in [-0.4, -0.2) is 50.3 Å². The number of hydrogen-bond donors (Lipinski definition) is 0. The number of imide groups is 1. The van der Waals surface area contributed by atoms with E-state index in [0.29, 0.717) is 0 Å². The minimum atomic E-state index is -2.28. The standard InChI is InChI=1S/C22H33NO5Si/c1-16(17-11-8-7-9-12-17)18-15-27-21(26)23(18)20(25)19(13-10-14-24)28-29(5,6)22(2,3)4/h7-9,11-12,14,16,18-19H,10,13,15H2,1-6H3/t16-,18?,19+/m1/s1. The van der Waals surface area contributed by atoms with Crippen LogP contribution in [0.4, 0.5) is 4.79 Å². The normalized spacial score (nSPS) is 19.6. The molecule has 0 radical (unpaired) electrons. The van der Waals surface area contributed by atoms with E-state index in [1.54, 1.807) is 0 Å². The number of hydrogen-bond acceptors (Lipinski definition) is 5. The fourth-order valence-corrected chi connectivity index (χ4v) is 4.46. The summed E-state index contributed by atoms with van der Waals surface area (Å²) in [5, 5.41) is -0.102. The van der Waals surface area contributed by atoms with Crippen LogP contribution in [0, 0.1) is 0 Å². The smallest absolute Gasteiger partial charge is 0.417 e. The molecule has 1 unspecified atom stereocenters. The van der Waals surface area contributed by atoms with E-state index in [0.717, 1.165) is 11.8 Å². The second kappa shape index (κ2) is 9.22. The van der Waals surface area contributed by atoms with Crippen LogP contribution in [0.15, 0.2) is 30.3 Å². The maximum absolute atomic E-state index is 13.4. The van der Waals surface area contributed by atoms with Gasteiger partial charge in [-0.3, -0.25) is 4.79 Å². The average Bonchev–Trinajstić information content (AvgIpc) is 3.05. The number of benzene rings is 1. The van der Waals surface area contributed by atoms with E-state index in [4.69, 9.17) is 9.16 Å². The van der Waals surface area contributed by atoms with Gasteiger partial charge in [-0.2, -0.15) is 0 Å². The molecule has 1 heterocycles. The molecule has 1 saturated heterocycles. The molecule has 0 N–H and O–H groups in total. The summed E-state index contributed by atoms with van der Waals surface area (Å²) >= 11 is 0. The second-order valence-corrected chi connectivity index (χ2v) is 13.9. The maximum atomic E-state index is 13.4. The quantitative estimate of drug-likeness (QED) is 0.458. The maximum Gasteiger partial charge on any atom is 0.417 e. The second-order valence-electron chi connectivity index (χ2n) is 9.16. The SMILES string of the molecule is C[C@H](c1ccccc1)C1COC(=O)N1C(=O)[C@H](CCC=O)O[Si](C)(C)C(C)(C)C. The monoisotopic (exact) mass is 419 g/mol. The predicted molar refractivity (Wildman–Crippen MR) is 114 cm³/mol. The van der Waals surface area contributed by atoms with Crippen molar-refractivity contribution in [3.05, 3.63) is 35.9 Å². The zero-order valence-corrected chi connectivity index (χ0v) is 19.3. The third-order valence-corrected chi connectivity index (χ3v) is 10.6. The number of rotatable bonds is 8. The summed E-state index contributed by atoms with van der Waals surface area (Å²) in [5.41, 5.74) is 1.03. The molecule has 0 aliphatic carbocycles. The van der Waals surface area contributed by atoms with E-state index in [9.17, 15) is 14.4 Å². The molecule has 6 nitrogen and oxygen atoms in total. The first-order valence-corrected chi connectivity index (χ1v) is 13.1.